The number of phenolic OH excluding ortho intramolecular Hbond substituents is 1. The van der Waals surface area contributed by atoms with Gasteiger partial charge < -0.3 is 15.5 Å². The van der Waals surface area contributed by atoms with Gasteiger partial charge in [0.1, 0.15) is 5.75 Å². The largest absolute Gasteiger partial charge is 0.508 e. The van der Waals surface area contributed by atoms with Crippen LogP contribution in [0.2, 0.25) is 0 Å². The molecule has 0 radical (unpaired) electrons. The molecule has 2 aromatic heterocycles. The first-order chi connectivity index (χ1) is 17.2. The Morgan fingerprint density at radius 2 is 1.75 bits per heavy atom. The summed E-state index contributed by atoms with van der Waals surface area (Å²) in [6.07, 6.45) is -0.610. The highest BCUT2D eigenvalue weighted by Crippen LogP contribution is 2.37. The third-order valence-electron chi connectivity index (χ3n) is 5.62. The summed E-state index contributed by atoms with van der Waals surface area (Å²) in [6, 6.07) is 20.2. The maximum absolute atomic E-state index is 10.6. The van der Waals surface area contributed by atoms with Gasteiger partial charge in [0.05, 0.1) is 15.9 Å². The van der Waals surface area contributed by atoms with Crippen molar-refractivity contribution in [1.82, 2.24) is 9.88 Å². The number of likely N-dealkylation sites (tertiary alicyclic amines) is 1. The summed E-state index contributed by atoms with van der Waals surface area (Å²) < 4.78 is 32.9. The molecular weight excluding hydrogens is 491 g/mol. The number of rotatable bonds is 5. The Balaban J connectivity index is 0.000000384. The molecule has 36 heavy (non-hydrogen) atoms. The van der Waals surface area contributed by atoms with Crippen LogP contribution in [-0.4, -0.2) is 45.3 Å². The van der Waals surface area contributed by atoms with Crippen LogP contribution in [0.4, 0.5) is 24.5 Å². The summed E-state index contributed by atoms with van der Waals surface area (Å²) in [5, 5.41) is 20.2. The molecule has 3 N–H and O–H groups in total. The zero-order chi connectivity index (χ0) is 25.7. The van der Waals surface area contributed by atoms with E-state index in [2.05, 4.69) is 45.5 Å². The highest BCUT2D eigenvalue weighted by Gasteiger charge is 2.38. The standard InChI is InChI=1S/C24H23N3OS.C2HF3O2/c28-20-5-3-4-19(14-20)26-21-10-11-25-22-15-23(29-24(21)22)18-8-6-17(7-9-18)16-27-12-1-2-13-27;3-2(4,5)1(6)7/h3-11,14-15,28H,1-2,12-13,16H2,(H,25,26);(H,6,7). The quantitative estimate of drug-likeness (QED) is 0.276. The van der Waals surface area contributed by atoms with Crippen molar-refractivity contribution in [3.05, 3.63) is 72.4 Å². The lowest BCUT2D eigenvalue weighted by Crippen LogP contribution is -2.21. The maximum Gasteiger partial charge on any atom is 0.490 e. The number of hydrogen-bond donors (Lipinski definition) is 3. The van der Waals surface area contributed by atoms with Crippen LogP contribution in [0.5, 0.6) is 5.75 Å². The van der Waals surface area contributed by atoms with Crippen molar-refractivity contribution in [2.75, 3.05) is 18.4 Å². The molecule has 1 saturated heterocycles. The number of carboxylic acids is 1. The van der Waals surface area contributed by atoms with E-state index < -0.39 is 12.1 Å². The van der Waals surface area contributed by atoms with Crippen LogP contribution >= 0.6 is 11.3 Å². The van der Waals surface area contributed by atoms with E-state index in [0.29, 0.717) is 0 Å². The molecule has 188 valence electrons. The fraction of sp³-hybridized carbons (Fsp3) is 0.231. The summed E-state index contributed by atoms with van der Waals surface area (Å²) in [4.78, 5) is 17.2. The van der Waals surface area contributed by atoms with Gasteiger partial charge in [0, 0.05) is 29.4 Å². The number of hydrogen-bond acceptors (Lipinski definition) is 6. The SMILES string of the molecule is O=C(O)C(F)(F)F.Oc1cccc(Nc2ccnc3cc(-c4ccc(CN5CCCC5)cc4)sc23)c1. The molecule has 1 aliphatic heterocycles. The molecule has 0 saturated carbocycles. The lowest BCUT2D eigenvalue weighted by Gasteiger charge is -2.14. The molecule has 0 amide bonds. The minimum Gasteiger partial charge on any atom is -0.508 e. The number of fused-ring (bicyclic) bond motifs is 1. The van der Waals surface area contributed by atoms with Crippen LogP contribution in [-0.2, 0) is 11.3 Å². The van der Waals surface area contributed by atoms with E-state index in [-0.39, 0.29) is 5.75 Å². The molecule has 0 spiro atoms. The number of halogens is 3. The van der Waals surface area contributed by atoms with Gasteiger partial charge in [-0.15, -0.1) is 11.3 Å². The minimum atomic E-state index is -5.08. The topological polar surface area (TPSA) is 85.7 Å². The van der Waals surface area contributed by atoms with E-state index >= 15 is 0 Å². The third-order valence-corrected chi connectivity index (χ3v) is 6.83. The second-order valence-corrected chi connectivity index (χ2v) is 9.39. The predicted octanol–water partition coefficient (Wildman–Crippen LogP) is 6.64. The fourth-order valence-corrected chi connectivity index (χ4v) is 4.98. The second-order valence-electron chi connectivity index (χ2n) is 8.34. The number of carbonyl (C=O) groups is 1. The summed E-state index contributed by atoms with van der Waals surface area (Å²) in [7, 11) is 0. The number of pyridine rings is 1. The highest BCUT2D eigenvalue weighted by molar-refractivity contribution is 7.22. The lowest BCUT2D eigenvalue weighted by molar-refractivity contribution is -0.192. The zero-order valence-electron chi connectivity index (χ0n) is 19.1. The van der Waals surface area contributed by atoms with Crippen LogP contribution < -0.4 is 5.32 Å². The maximum atomic E-state index is 10.6. The van der Waals surface area contributed by atoms with Crippen molar-refractivity contribution >= 4 is 38.9 Å². The van der Waals surface area contributed by atoms with Gasteiger partial charge in [-0.25, -0.2) is 4.79 Å². The van der Waals surface area contributed by atoms with E-state index in [1.807, 2.05) is 24.4 Å². The van der Waals surface area contributed by atoms with Gasteiger partial charge in [-0.05, 0) is 61.3 Å². The first-order valence-electron chi connectivity index (χ1n) is 11.3. The summed E-state index contributed by atoms with van der Waals surface area (Å²) in [5.41, 5.74) is 5.44. The van der Waals surface area contributed by atoms with E-state index in [4.69, 9.17) is 9.90 Å². The zero-order valence-corrected chi connectivity index (χ0v) is 19.9. The van der Waals surface area contributed by atoms with Crippen LogP contribution in [0.25, 0.3) is 20.7 Å². The van der Waals surface area contributed by atoms with Gasteiger partial charge in [-0.1, -0.05) is 30.3 Å². The molecule has 0 atom stereocenters. The van der Waals surface area contributed by atoms with Crippen LogP contribution in [0, 0.1) is 0 Å². The Morgan fingerprint density at radius 3 is 2.39 bits per heavy atom. The van der Waals surface area contributed by atoms with Crippen molar-refractivity contribution in [3.8, 4) is 16.2 Å². The highest BCUT2D eigenvalue weighted by atomic mass is 32.1. The van der Waals surface area contributed by atoms with Gasteiger partial charge in [0.15, 0.2) is 0 Å². The molecular formula is C26H24F3N3O3S. The van der Waals surface area contributed by atoms with E-state index in [9.17, 15) is 18.3 Å². The molecule has 10 heteroatoms. The molecule has 2 aromatic carbocycles. The van der Waals surface area contributed by atoms with E-state index in [1.54, 1.807) is 23.5 Å². The molecule has 0 aliphatic carbocycles. The minimum absolute atomic E-state index is 0.251. The molecule has 1 fully saturated rings. The van der Waals surface area contributed by atoms with Gasteiger partial charge in [-0.2, -0.15) is 13.2 Å². The Morgan fingerprint density at radius 1 is 1.06 bits per heavy atom. The number of nitrogens with zero attached hydrogens (tertiary/aromatic N) is 2. The van der Waals surface area contributed by atoms with Crippen molar-refractivity contribution in [2.24, 2.45) is 0 Å². The molecule has 6 nitrogen and oxygen atoms in total. The average molecular weight is 516 g/mol. The lowest BCUT2D eigenvalue weighted by atomic mass is 10.1. The number of thiophene rings is 1. The average Bonchev–Trinajstić information content (AvgIpc) is 3.50. The summed E-state index contributed by atoms with van der Waals surface area (Å²) >= 11 is 1.74. The number of nitrogens with one attached hydrogen (secondary N) is 1. The van der Waals surface area contributed by atoms with Gasteiger partial charge in [0.25, 0.3) is 0 Å². The molecule has 1 aliphatic rings. The number of aromatic hydroxyl groups is 1. The Bertz CT molecular complexity index is 1330. The van der Waals surface area contributed by atoms with E-state index in [0.717, 1.165) is 28.1 Å². The van der Waals surface area contributed by atoms with E-state index in [1.165, 1.54) is 41.9 Å². The Hall–Kier alpha value is -3.63. The van der Waals surface area contributed by atoms with Crippen LogP contribution in [0.1, 0.15) is 18.4 Å². The molecule has 5 rings (SSSR count). The van der Waals surface area contributed by atoms with Crippen molar-refractivity contribution in [2.45, 2.75) is 25.6 Å². The first-order valence-corrected chi connectivity index (χ1v) is 12.1. The first kappa shape index (κ1) is 25.5. The molecule has 0 bridgehead atoms. The number of aromatic nitrogens is 1. The number of carboxylic acid groups (broad SMARTS) is 1. The number of aliphatic carboxylic acids is 1. The fourth-order valence-electron chi connectivity index (χ4n) is 3.89. The van der Waals surface area contributed by atoms with Gasteiger partial charge >= 0.3 is 12.1 Å². The summed E-state index contributed by atoms with van der Waals surface area (Å²) in [6.45, 7) is 3.49. The smallest absolute Gasteiger partial charge is 0.490 e. The number of phenols is 1. The molecule has 0 unspecified atom stereocenters. The van der Waals surface area contributed by atoms with Crippen LogP contribution in [0.3, 0.4) is 0 Å². The molecule has 3 heterocycles. The number of benzene rings is 2. The third kappa shape index (κ3) is 6.52. The van der Waals surface area contributed by atoms with Crippen molar-refractivity contribution < 1.29 is 28.2 Å². The van der Waals surface area contributed by atoms with Gasteiger partial charge in [0.2, 0.25) is 0 Å². The monoisotopic (exact) mass is 515 g/mol. The second kappa shape index (κ2) is 11.0. The van der Waals surface area contributed by atoms with Crippen LogP contribution in [0.15, 0.2) is 66.9 Å². The number of anilines is 2. The van der Waals surface area contributed by atoms with Crippen molar-refractivity contribution in [3.63, 3.8) is 0 Å². The van der Waals surface area contributed by atoms with Gasteiger partial charge in [-0.3, -0.25) is 9.88 Å². The summed E-state index contributed by atoms with van der Waals surface area (Å²) in [5.74, 6) is -2.51. The van der Waals surface area contributed by atoms with Crippen molar-refractivity contribution in [1.29, 1.82) is 0 Å². The predicted molar refractivity (Wildman–Crippen MR) is 135 cm³/mol. The normalized spacial score (nSPS) is 13.9. The Kier molecular flexibility index (Phi) is 7.76. The Labute approximate surface area is 209 Å². The number of alkyl halides is 3. The molecule has 4 aromatic rings.